The number of fused-ring (bicyclic) bond motifs is 1. The number of benzene rings is 2. The van der Waals surface area contributed by atoms with Crippen LogP contribution in [0.25, 0.3) is 0 Å². The molecule has 0 atom stereocenters. The van der Waals surface area contributed by atoms with E-state index in [0.717, 1.165) is 24.3 Å². The Hall–Kier alpha value is -2.31. The van der Waals surface area contributed by atoms with Crippen molar-refractivity contribution in [1.82, 2.24) is 0 Å². The molecular weight excluding hydrogens is 590 g/mol. The van der Waals surface area contributed by atoms with Crippen LogP contribution in [0.1, 0.15) is 51.7 Å². The first-order chi connectivity index (χ1) is 14.0. The predicted octanol–water partition coefficient (Wildman–Crippen LogP) is 6.27. The van der Waals surface area contributed by atoms with E-state index in [0.29, 0.717) is 35.4 Å². The van der Waals surface area contributed by atoms with Crippen LogP contribution in [0.5, 0.6) is 0 Å². The molecule has 169 valence electrons. The Bertz CT molecular complexity index is 1030. The van der Waals surface area contributed by atoms with Crippen molar-refractivity contribution in [2.45, 2.75) is 46.0 Å². The summed E-state index contributed by atoms with van der Waals surface area (Å²) in [7, 11) is 0. The van der Waals surface area contributed by atoms with Gasteiger partial charge in [-0.3, -0.25) is 14.2 Å². The Kier molecular flexibility index (Phi) is 9.33. The Morgan fingerprint density at radius 1 is 1.03 bits per heavy atom. The summed E-state index contributed by atoms with van der Waals surface area (Å²) >= 11 is 0. The van der Waals surface area contributed by atoms with Gasteiger partial charge in [-0.05, 0) is 44.0 Å². The van der Waals surface area contributed by atoms with Gasteiger partial charge in [-0.15, -0.1) is 23.8 Å². The monoisotopic (exact) mass is 613 g/mol. The van der Waals surface area contributed by atoms with Crippen LogP contribution in [0.3, 0.4) is 0 Å². The maximum absolute atomic E-state index is 13.7. The van der Waals surface area contributed by atoms with E-state index in [1.54, 1.807) is 0 Å². The fourth-order valence-electron chi connectivity index (χ4n) is 3.53. The predicted molar refractivity (Wildman–Crippen MR) is 107 cm³/mol. The van der Waals surface area contributed by atoms with Gasteiger partial charge in [0.25, 0.3) is 0 Å². The van der Waals surface area contributed by atoms with Gasteiger partial charge in [-0.25, -0.2) is 13.2 Å². The summed E-state index contributed by atoms with van der Waals surface area (Å²) < 4.78 is 54.0. The second-order valence-corrected chi connectivity index (χ2v) is 6.97. The third-order valence-corrected chi connectivity index (χ3v) is 4.97. The fraction of sp³-hybridized carbons (Fsp3) is 0.304. The van der Waals surface area contributed by atoms with Crippen molar-refractivity contribution in [1.29, 1.82) is 0 Å². The summed E-state index contributed by atoms with van der Waals surface area (Å²) in [5.41, 5.74) is 0.964. The number of aliphatic hydroxyl groups excluding tert-OH is 1. The molecule has 0 aliphatic carbocycles. The van der Waals surface area contributed by atoms with Crippen molar-refractivity contribution >= 4 is 17.2 Å². The zero-order valence-electron chi connectivity index (χ0n) is 17.4. The third kappa shape index (κ3) is 5.69. The summed E-state index contributed by atoms with van der Waals surface area (Å²) in [4.78, 5) is 14.4. The molecule has 8 heteroatoms. The standard InChI is InChI=1S/C18H14F4N.C5H8O2.Ir/c1-3-18(4-2)11-8-14(21)15(22)9-16(11)23-17(18)10-5-6-12(19)13(20)7-10;1-4(6)3-5(2)7;/h6-9H,3-4H2,1-2H3;3,6H,1-2H3;/q-1;;/b;4-3-;. The molecule has 3 rings (SSSR count). The van der Waals surface area contributed by atoms with Crippen molar-refractivity contribution in [3.8, 4) is 0 Å². The largest absolute Gasteiger partial charge is 0.512 e. The molecule has 0 unspecified atom stereocenters. The second kappa shape index (κ2) is 10.8. The SMILES string of the molecule is CC(=O)/C=C(/C)O.CCC1(CC)C(c2[c-]cc(F)c(F)c2)=Nc2cc(F)c(F)cc21.[Ir]. The molecule has 0 saturated heterocycles. The van der Waals surface area contributed by atoms with Gasteiger partial charge in [-0.1, -0.05) is 13.8 Å². The molecule has 2 aromatic rings. The number of aliphatic hydroxyl groups is 1. The minimum absolute atomic E-state index is 0. The smallest absolute Gasteiger partial charge is 0.160 e. The van der Waals surface area contributed by atoms with Crippen molar-refractivity contribution in [3.05, 3.63) is 76.6 Å². The van der Waals surface area contributed by atoms with Crippen LogP contribution >= 0.6 is 0 Å². The Labute approximate surface area is 192 Å². The molecular formula is C23H22F4IrNO2-. The Balaban J connectivity index is 0.000000523. The maximum atomic E-state index is 13.7. The number of rotatable bonds is 4. The van der Waals surface area contributed by atoms with Gasteiger partial charge < -0.3 is 5.11 Å². The molecule has 0 fully saturated rings. The number of hydrogen-bond donors (Lipinski definition) is 1. The zero-order chi connectivity index (χ0) is 22.6. The van der Waals surface area contributed by atoms with E-state index < -0.39 is 28.7 Å². The Morgan fingerprint density at radius 3 is 2.03 bits per heavy atom. The molecule has 0 saturated carbocycles. The number of aliphatic imine (C=N–C) groups is 1. The molecule has 1 aliphatic heterocycles. The minimum atomic E-state index is -1.00. The van der Waals surface area contributed by atoms with E-state index in [9.17, 15) is 22.4 Å². The van der Waals surface area contributed by atoms with Gasteiger partial charge in [0, 0.05) is 37.7 Å². The normalized spacial score (nSPS) is 14.1. The van der Waals surface area contributed by atoms with Crippen molar-refractivity contribution in [2.24, 2.45) is 4.99 Å². The van der Waals surface area contributed by atoms with Gasteiger partial charge in [0.15, 0.2) is 17.4 Å². The summed E-state index contributed by atoms with van der Waals surface area (Å²) in [6.45, 7) is 6.64. The average molecular weight is 613 g/mol. The first kappa shape index (κ1) is 26.7. The molecule has 1 heterocycles. The van der Waals surface area contributed by atoms with E-state index in [4.69, 9.17) is 5.11 Å². The maximum Gasteiger partial charge on any atom is 0.160 e. The number of ketones is 1. The second-order valence-electron chi connectivity index (χ2n) is 6.97. The topological polar surface area (TPSA) is 49.7 Å². The first-order valence-corrected chi connectivity index (χ1v) is 9.39. The fourth-order valence-corrected chi connectivity index (χ4v) is 3.53. The number of carbonyl (C=O) groups excluding carboxylic acids is 1. The van der Waals surface area contributed by atoms with Crippen molar-refractivity contribution < 1.29 is 47.6 Å². The molecule has 0 spiro atoms. The zero-order valence-corrected chi connectivity index (χ0v) is 19.8. The van der Waals surface area contributed by atoms with Crippen LogP contribution in [-0.2, 0) is 30.3 Å². The van der Waals surface area contributed by atoms with Gasteiger partial charge >= 0.3 is 0 Å². The number of carbonyl (C=O) groups is 1. The quantitative estimate of drug-likeness (QED) is 0.192. The van der Waals surface area contributed by atoms with E-state index in [2.05, 4.69) is 11.1 Å². The van der Waals surface area contributed by atoms with Crippen LogP contribution in [0.2, 0.25) is 0 Å². The molecule has 0 aromatic heterocycles. The molecule has 31 heavy (non-hydrogen) atoms. The van der Waals surface area contributed by atoms with Crippen LogP contribution in [0, 0.1) is 29.3 Å². The van der Waals surface area contributed by atoms with Gasteiger partial charge in [0.05, 0.1) is 23.1 Å². The van der Waals surface area contributed by atoms with E-state index in [-0.39, 0.29) is 31.6 Å². The average Bonchev–Trinajstić information content (AvgIpc) is 2.97. The summed E-state index contributed by atoms with van der Waals surface area (Å²) in [6.07, 6.45) is 2.29. The van der Waals surface area contributed by atoms with E-state index in [1.807, 2.05) is 13.8 Å². The molecule has 1 N–H and O–H groups in total. The van der Waals surface area contributed by atoms with Crippen LogP contribution < -0.4 is 0 Å². The third-order valence-electron chi connectivity index (χ3n) is 4.97. The minimum Gasteiger partial charge on any atom is -0.512 e. The van der Waals surface area contributed by atoms with Gasteiger partial charge in [0.2, 0.25) is 0 Å². The van der Waals surface area contributed by atoms with Crippen LogP contribution in [0.15, 0.2) is 41.1 Å². The molecule has 0 bridgehead atoms. The van der Waals surface area contributed by atoms with E-state index >= 15 is 0 Å². The number of hydrogen-bond acceptors (Lipinski definition) is 3. The summed E-state index contributed by atoms with van der Waals surface area (Å²) in [5, 5.41) is 8.36. The van der Waals surface area contributed by atoms with Crippen LogP contribution in [-0.4, -0.2) is 16.6 Å². The number of nitrogens with zero attached hydrogens (tertiary/aromatic N) is 1. The first-order valence-electron chi connectivity index (χ1n) is 9.39. The molecule has 1 aliphatic rings. The summed E-state index contributed by atoms with van der Waals surface area (Å²) in [6, 6.07) is 6.79. The Morgan fingerprint density at radius 2 is 1.58 bits per heavy atom. The van der Waals surface area contributed by atoms with Gasteiger partial charge in [0.1, 0.15) is 0 Å². The van der Waals surface area contributed by atoms with Crippen LogP contribution in [0.4, 0.5) is 23.2 Å². The van der Waals surface area contributed by atoms with Gasteiger partial charge in [-0.2, -0.15) is 0 Å². The summed E-state index contributed by atoms with van der Waals surface area (Å²) in [5.74, 6) is -3.99. The van der Waals surface area contributed by atoms with Crippen molar-refractivity contribution in [2.75, 3.05) is 0 Å². The van der Waals surface area contributed by atoms with Crippen molar-refractivity contribution in [3.63, 3.8) is 0 Å². The molecule has 0 amide bonds. The molecule has 1 radical (unpaired) electrons. The molecule has 2 aromatic carbocycles. The number of halogens is 4. The molecule has 3 nitrogen and oxygen atoms in total. The van der Waals surface area contributed by atoms with E-state index in [1.165, 1.54) is 19.9 Å². The number of allylic oxidation sites excluding steroid dienone is 2.